The van der Waals surface area contributed by atoms with E-state index in [1.165, 1.54) is 9.75 Å². The third-order valence-electron chi connectivity index (χ3n) is 4.35. The van der Waals surface area contributed by atoms with E-state index in [-0.39, 0.29) is 0 Å². The Morgan fingerprint density at radius 1 is 1.28 bits per heavy atom. The van der Waals surface area contributed by atoms with Crippen molar-refractivity contribution in [1.82, 2.24) is 5.32 Å². The zero-order valence-corrected chi connectivity index (χ0v) is 12.9. The van der Waals surface area contributed by atoms with Gasteiger partial charge in [-0.05, 0) is 45.4 Å². The molecule has 5 unspecified atom stereocenters. The molecule has 0 saturated carbocycles. The van der Waals surface area contributed by atoms with Gasteiger partial charge in [-0.2, -0.15) is 0 Å². The van der Waals surface area contributed by atoms with Crippen LogP contribution in [0.4, 0.5) is 0 Å². The van der Waals surface area contributed by atoms with Crippen molar-refractivity contribution in [3.05, 3.63) is 21.9 Å². The minimum Gasteiger partial charge on any atom is -0.375 e. The molecule has 0 amide bonds. The lowest BCUT2D eigenvalue weighted by atomic mass is 9.83. The molecular weight excluding hydrogens is 242 g/mol. The summed E-state index contributed by atoms with van der Waals surface area (Å²) >= 11 is 1.94. The van der Waals surface area contributed by atoms with Gasteiger partial charge in [0.05, 0.1) is 12.2 Å². The number of ether oxygens (including phenoxy) is 1. The molecule has 0 aliphatic carbocycles. The first-order valence-electron chi connectivity index (χ1n) is 6.99. The third kappa shape index (κ3) is 2.49. The number of rotatable bonds is 4. The summed E-state index contributed by atoms with van der Waals surface area (Å²) in [5.41, 5.74) is 0. The lowest BCUT2D eigenvalue weighted by Crippen LogP contribution is -2.32. The van der Waals surface area contributed by atoms with Crippen molar-refractivity contribution >= 4 is 11.3 Å². The van der Waals surface area contributed by atoms with Gasteiger partial charge in [0.1, 0.15) is 0 Å². The van der Waals surface area contributed by atoms with Crippen molar-refractivity contribution in [2.24, 2.45) is 11.8 Å². The van der Waals surface area contributed by atoms with Gasteiger partial charge in [-0.3, -0.25) is 0 Å². The first-order chi connectivity index (χ1) is 8.58. The fourth-order valence-electron chi connectivity index (χ4n) is 3.14. The second kappa shape index (κ2) is 5.72. The standard InChI is InChI=1S/C15H25NOS/c1-6-12-7-8-13(18-12)15(16-5)14-9(2)10(3)17-11(14)4/h7-11,14-16H,6H2,1-5H3. The monoisotopic (exact) mass is 267 g/mol. The minimum absolute atomic E-state index is 0.333. The molecule has 0 spiro atoms. The Bertz CT molecular complexity index is 390. The second-order valence-corrected chi connectivity index (χ2v) is 6.61. The van der Waals surface area contributed by atoms with E-state index < -0.39 is 0 Å². The Morgan fingerprint density at radius 2 is 2.00 bits per heavy atom. The van der Waals surface area contributed by atoms with Crippen molar-refractivity contribution in [1.29, 1.82) is 0 Å². The van der Waals surface area contributed by atoms with Gasteiger partial charge in [0.25, 0.3) is 0 Å². The van der Waals surface area contributed by atoms with Crippen LogP contribution in [-0.4, -0.2) is 19.3 Å². The first kappa shape index (κ1) is 14.0. The Hall–Kier alpha value is -0.380. The topological polar surface area (TPSA) is 21.3 Å². The maximum atomic E-state index is 5.99. The van der Waals surface area contributed by atoms with Crippen LogP contribution in [0.1, 0.15) is 43.5 Å². The largest absolute Gasteiger partial charge is 0.375 e. The van der Waals surface area contributed by atoms with E-state index in [2.05, 4.69) is 52.2 Å². The van der Waals surface area contributed by atoms with Crippen molar-refractivity contribution in [3.8, 4) is 0 Å². The molecule has 3 heteroatoms. The highest BCUT2D eigenvalue weighted by Crippen LogP contribution is 2.42. The van der Waals surface area contributed by atoms with Crippen molar-refractivity contribution in [2.45, 2.75) is 52.4 Å². The highest BCUT2D eigenvalue weighted by atomic mass is 32.1. The first-order valence-corrected chi connectivity index (χ1v) is 7.81. The molecule has 2 nitrogen and oxygen atoms in total. The molecule has 0 radical (unpaired) electrons. The van der Waals surface area contributed by atoms with Crippen LogP contribution < -0.4 is 5.32 Å². The van der Waals surface area contributed by atoms with E-state index in [0.717, 1.165) is 6.42 Å². The maximum Gasteiger partial charge on any atom is 0.0600 e. The van der Waals surface area contributed by atoms with E-state index in [0.29, 0.717) is 30.1 Å². The van der Waals surface area contributed by atoms with Gasteiger partial charge in [-0.25, -0.2) is 0 Å². The molecule has 1 fully saturated rings. The van der Waals surface area contributed by atoms with Gasteiger partial charge in [0.2, 0.25) is 0 Å². The third-order valence-corrected chi connectivity index (χ3v) is 5.66. The molecule has 5 atom stereocenters. The maximum absolute atomic E-state index is 5.99. The van der Waals surface area contributed by atoms with Gasteiger partial charge in [0, 0.05) is 21.7 Å². The molecule has 1 aliphatic rings. The molecular formula is C15H25NOS. The summed E-state index contributed by atoms with van der Waals surface area (Å²) in [6.07, 6.45) is 1.83. The van der Waals surface area contributed by atoms with Crippen LogP contribution in [-0.2, 0) is 11.2 Å². The quantitative estimate of drug-likeness (QED) is 0.899. The molecule has 1 N–H and O–H groups in total. The van der Waals surface area contributed by atoms with Crippen LogP contribution in [0.15, 0.2) is 12.1 Å². The summed E-state index contributed by atoms with van der Waals surface area (Å²) in [7, 11) is 2.07. The smallest absolute Gasteiger partial charge is 0.0600 e. The summed E-state index contributed by atoms with van der Waals surface area (Å²) in [6.45, 7) is 8.94. The zero-order valence-electron chi connectivity index (χ0n) is 12.1. The number of hydrogen-bond acceptors (Lipinski definition) is 3. The molecule has 2 rings (SSSR count). The van der Waals surface area contributed by atoms with Gasteiger partial charge in [-0.1, -0.05) is 13.8 Å². The van der Waals surface area contributed by atoms with E-state index in [1.807, 2.05) is 11.3 Å². The fourth-order valence-corrected chi connectivity index (χ4v) is 4.27. The van der Waals surface area contributed by atoms with Gasteiger partial charge in [-0.15, -0.1) is 11.3 Å². The van der Waals surface area contributed by atoms with Gasteiger partial charge >= 0.3 is 0 Å². The summed E-state index contributed by atoms with van der Waals surface area (Å²) in [4.78, 5) is 2.92. The highest BCUT2D eigenvalue weighted by molar-refractivity contribution is 7.12. The minimum atomic E-state index is 0.333. The number of hydrogen-bond donors (Lipinski definition) is 1. The number of aryl methyl sites for hydroxylation is 1. The lowest BCUT2D eigenvalue weighted by molar-refractivity contribution is 0.0479. The summed E-state index contributed by atoms with van der Waals surface area (Å²) in [5.74, 6) is 1.16. The molecule has 1 aliphatic heterocycles. The lowest BCUT2D eigenvalue weighted by Gasteiger charge is -2.28. The van der Waals surface area contributed by atoms with E-state index in [9.17, 15) is 0 Å². The molecule has 18 heavy (non-hydrogen) atoms. The van der Waals surface area contributed by atoms with E-state index >= 15 is 0 Å². The van der Waals surface area contributed by atoms with Crippen LogP contribution in [0.25, 0.3) is 0 Å². The van der Waals surface area contributed by atoms with E-state index in [1.54, 1.807) is 0 Å². The van der Waals surface area contributed by atoms with Crippen molar-refractivity contribution in [3.63, 3.8) is 0 Å². The Labute approximate surface area is 115 Å². The number of thiophene rings is 1. The summed E-state index contributed by atoms with van der Waals surface area (Å²) < 4.78 is 5.99. The van der Waals surface area contributed by atoms with Gasteiger partial charge in [0.15, 0.2) is 0 Å². The SMILES string of the molecule is CCc1ccc(C(NC)C2C(C)OC(C)C2C)s1. The zero-order chi connectivity index (χ0) is 13.3. The Kier molecular flexibility index (Phi) is 4.46. The normalized spacial score (nSPS) is 33.8. The van der Waals surface area contributed by atoms with Crippen LogP contribution in [0.2, 0.25) is 0 Å². The molecule has 0 aromatic carbocycles. The van der Waals surface area contributed by atoms with E-state index in [4.69, 9.17) is 4.74 Å². The Balaban J connectivity index is 2.22. The highest BCUT2D eigenvalue weighted by Gasteiger charge is 2.42. The Morgan fingerprint density at radius 3 is 2.44 bits per heavy atom. The summed E-state index contributed by atoms with van der Waals surface area (Å²) in [5, 5.41) is 3.51. The predicted molar refractivity (Wildman–Crippen MR) is 78.2 cm³/mol. The average molecular weight is 267 g/mol. The van der Waals surface area contributed by atoms with Crippen LogP contribution in [0.3, 0.4) is 0 Å². The molecule has 2 heterocycles. The van der Waals surface area contributed by atoms with Crippen LogP contribution in [0, 0.1) is 11.8 Å². The van der Waals surface area contributed by atoms with Crippen molar-refractivity contribution < 1.29 is 4.74 Å². The molecule has 1 aromatic heterocycles. The number of nitrogens with one attached hydrogen (secondary N) is 1. The average Bonchev–Trinajstić information content (AvgIpc) is 2.91. The molecule has 1 saturated heterocycles. The fraction of sp³-hybridized carbons (Fsp3) is 0.733. The molecule has 0 bridgehead atoms. The van der Waals surface area contributed by atoms with Crippen LogP contribution >= 0.6 is 11.3 Å². The molecule has 102 valence electrons. The summed E-state index contributed by atoms with van der Waals surface area (Å²) in [6, 6.07) is 4.97. The predicted octanol–water partition coefficient (Wildman–Crippen LogP) is 3.63. The molecule has 1 aromatic rings. The van der Waals surface area contributed by atoms with Crippen molar-refractivity contribution in [2.75, 3.05) is 7.05 Å². The van der Waals surface area contributed by atoms with Gasteiger partial charge < -0.3 is 10.1 Å². The second-order valence-electron chi connectivity index (χ2n) is 5.41. The van der Waals surface area contributed by atoms with Crippen LogP contribution in [0.5, 0.6) is 0 Å².